The van der Waals surface area contributed by atoms with Gasteiger partial charge in [0.15, 0.2) is 0 Å². The summed E-state index contributed by atoms with van der Waals surface area (Å²) in [5, 5.41) is 3.07. The molecule has 1 fully saturated rings. The zero-order valence-electron chi connectivity index (χ0n) is 13.1. The molecule has 1 atom stereocenters. The molecule has 0 saturated carbocycles. The minimum absolute atomic E-state index is 0.0856. The Balaban J connectivity index is 1.74. The van der Waals surface area contributed by atoms with Gasteiger partial charge in [0, 0.05) is 42.7 Å². The van der Waals surface area contributed by atoms with Gasteiger partial charge in [-0.2, -0.15) is 0 Å². The van der Waals surface area contributed by atoms with Crippen LogP contribution in [0.25, 0.3) is 0 Å². The second-order valence-electron chi connectivity index (χ2n) is 5.91. The number of halogens is 2. The maximum absolute atomic E-state index is 13.6. The minimum Gasteiger partial charge on any atom is -0.352 e. The van der Waals surface area contributed by atoms with Crippen LogP contribution < -0.4 is 5.32 Å². The zero-order valence-corrected chi connectivity index (χ0v) is 13.9. The summed E-state index contributed by atoms with van der Waals surface area (Å²) >= 11 is 5.94. The molecule has 0 bridgehead atoms. The van der Waals surface area contributed by atoms with Crippen LogP contribution in [0.4, 0.5) is 4.39 Å². The van der Waals surface area contributed by atoms with E-state index in [1.165, 1.54) is 6.07 Å². The summed E-state index contributed by atoms with van der Waals surface area (Å²) in [6.07, 6.45) is 1.54. The SMILES string of the molecule is CN1CC[C@H](N(C)CCC(=O)NCc2c(F)cccc2Cl)C1. The van der Waals surface area contributed by atoms with Gasteiger partial charge >= 0.3 is 0 Å². The topological polar surface area (TPSA) is 35.6 Å². The van der Waals surface area contributed by atoms with Crippen LogP contribution in [0.2, 0.25) is 5.02 Å². The highest BCUT2D eigenvalue weighted by Gasteiger charge is 2.23. The molecule has 1 aliphatic rings. The second kappa shape index (κ2) is 7.90. The lowest BCUT2D eigenvalue weighted by molar-refractivity contribution is -0.121. The van der Waals surface area contributed by atoms with Crippen LogP contribution in [-0.4, -0.2) is 55.5 Å². The average molecular weight is 328 g/mol. The molecular weight excluding hydrogens is 305 g/mol. The first-order chi connectivity index (χ1) is 10.5. The number of nitrogens with zero attached hydrogens (tertiary/aromatic N) is 2. The van der Waals surface area contributed by atoms with E-state index in [1.54, 1.807) is 12.1 Å². The summed E-state index contributed by atoms with van der Waals surface area (Å²) in [6, 6.07) is 5.03. The van der Waals surface area contributed by atoms with Crippen LogP contribution in [0, 0.1) is 5.82 Å². The van der Waals surface area contributed by atoms with Crippen molar-refractivity contribution in [1.29, 1.82) is 0 Å². The van der Waals surface area contributed by atoms with Crippen LogP contribution in [0.5, 0.6) is 0 Å². The molecule has 22 heavy (non-hydrogen) atoms. The van der Waals surface area contributed by atoms with Crippen molar-refractivity contribution >= 4 is 17.5 Å². The molecule has 4 nitrogen and oxygen atoms in total. The molecule has 2 rings (SSSR count). The van der Waals surface area contributed by atoms with E-state index in [1.807, 2.05) is 7.05 Å². The zero-order chi connectivity index (χ0) is 16.1. The summed E-state index contributed by atoms with van der Waals surface area (Å²) in [5.74, 6) is -0.476. The fourth-order valence-corrected chi connectivity index (χ4v) is 2.94. The Hall–Kier alpha value is -1.17. The average Bonchev–Trinajstić information content (AvgIpc) is 2.91. The van der Waals surface area contributed by atoms with Gasteiger partial charge in [-0.3, -0.25) is 4.79 Å². The van der Waals surface area contributed by atoms with E-state index in [-0.39, 0.29) is 18.3 Å². The van der Waals surface area contributed by atoms with E-state index in [4.69, 9.17) is 11.6 Å². The standard InChI is InChI=1S/C16H23ClFN3O/c1-20-8-6-12(11-20)21(2)9-7-16(22)19-10-13-14(17)4-3-5-15(13)18/h3-5,12H,6-11H2,1-2H3,(H,19,22)/t12-/m0/s1. The highest BCUT2D eigenvalue weighted by Crippen LogP contribution is 2.18. The first-order valence-corrected chi connectivity index (χ1v) is 7.93. The molecule has 1 N–H and O–H groups in total. The lowest BCUT2D eigenvalue weighted by atomic mass is 10.2. The number of hydrogen-bond acceptors (Lipinski definition) is 3. The van der Waals surface area contributed by atoms with Gasteiger partial charge in [0.05, 0.1) is 0 Å². The van der Waals surface area contributed by atoms with Gasteiger partial charge in [0.2, 0.25) is 5.91 Å². The summed E-state index contributed by atoms with van der Waals surface area (Å²) in [4.78, 5) is 16.4. The molecule has 1 aromatic rings. The smallest absolute Gasteiger partial charge is 0.221 e. The fourth-order valence-electron chi connectivity index (χ4n) is 2.71. The lowest BCUT2D eigenvalue weighted by Crippen LogP contribution is -2.36. The van der Waals surface area contributed by atoms with E-state index in [9.17, 15) is 9.18 Å². The third kappa shape index (κ3) is 4.66. The summed E-state index contributed by atoms with van der Waals surface area (Å²) in [6.45, 7) is 2.98. The highest BCUT2D eigenvalue weighted by molar-refractivity contribution is 6.31. The second-order valence-corrected chi connectivity index (χ2v) is 6.32. The van der Waals surface area contributed by atoms with Crippen molar-refractivity contribution in [2.45, 2.75) is 25.4 Å². The van der Waals surface area contributed by atoms with Crippen molar-refractivity contribution in [2.24, 2.45) is 0 Å². The first-order valence-electron chi connectivity index (χ1n) is 7.55. The molecule has 1 aliphatic heterocycles. The number of carbonyl (C=O) groups excluding carboxylic acids is 1. The monoisotopic (exact) mass is 327 g/mol. The molecule has 1 aromatic carbocycles. The predicted octanol–water partition coefficient (Wildman–Crippen LogP) is 2.12. The van der Waals surface area contributed by atoms with Crippen molar-refractivity contribution in [3.05, 3.63) is 34.6 Å². The number of likely N-dealkylation sites (N-methyl/N-ethyl adjacent to an activating group) is 2. The van der Waals surface area contributed by atoms with E-state index >= 15 is 0 Å². The Bertz CT molecular complexity index is 506. The van der Waals surface area contributed by atoms with Gasteiger partial charge in [-0.1, -0.05) is 17.7 Å². The normalized spacial score (nSPS) is 18.9. The molecule has 122 valence electrons. The molecule has 0 aliphatic carbocycles. The van der Waals surface area contributed by atoms with Gasteiger partial charge in [-0.15, -0.1) is 0 Å². The van der Waals surface area contributed by atoms with E-state index < -0.39 is 0 Å². The third-order valence-corrected chi connectivity index (χ3v) is 4.56. The van der Waals surface area contributed by atoms with Crippen LogP contribution >= 0.6 is 11.6 Å². The number of rotatable bonds is 6. The van der Waals surface area contributed by atoms with E-state index in [0.29, 0.717) is 29.6 Å². The quantitative estimate of drug-likeness (QED) is 0.869. The first kappa shape index (κ1) is 17.2. The Morgan fingerprint density at radius 2 is 2.32 bits per heavy atom. The van der Waals surface area contributed by atoms with Crippen molar-refractivity contribution in [3.63, 3.8) is 0 Å². The summed E-state index contributed by atoms with van der Waals surface area (Å²) in [5.41, 5.74) is 0.336. The Morgan fingerprint density at radius 1 is 1.55 bits per heavy atom. The van der Waals surface area contributed by atoms with Gasteiger partial charge in [-0.25, -0.2) is 4.39 Å². The maximum Gasteiger partial charge on any atom is 0.221 e. The molecule has 6 heteroatoms. The van der Waals surface area contributed by atoms with Crippen LogP contribution in [-0.2, 0) is 11.3 Å². The Kier molecular flexibility index (Phi) is 6.17. The molecule has 0 spiro atoms. The fraction of sp³-hybridized carbons (Fsp3) is 0.562. The van der Waals surface area contributed by atoms with Gasteiger partial charge in [-0.05, 0) is 39.2 Å². The van der Waals surface area contributed by atoms with Crippen LogP contribution in [0.3, 0.4) is 0 Å². The number of amides is 1. The lowest BCUT2D eigenvalue weighted by Gasteiger charge is -2.23. The van der Waals surface area contributed by atoms with Crippen LogP contribution in [0.15, 0.2) is 18.2 Å². The number of nitrogens with one attached hydrogen (secondary N) is 1. The van der Waals surface area contributed by atoms with Crippen molar-refractivity contribution in [1.82, 2.24) is 15.1 Å². The van der Waals surface area contributed by atoms with Crippen molar-refractivity contribution in [3.8, 4) is 0 Å². The molecule has 0 radical (unpaired) electrons. The van der Waals surface area contributed by atoms with E-state index in [0.717, 1.165) is 19.5 Å². The number of carbonyl (C=O) groups is 1. The number of benzene rings is 1. The molecule has 0 unspecified atom stereocenters. The van der Waals surface area contributed by atoms with Gasteiger partial charge < -0.3 is 15.1 Å². The summed E-state index contributed by atoms with van der Waals surface area (Å²) in [7, 11) is 4.16. The third-order valence-electron chi connectivity index (χ3n) is 4.21. The Labute approximate surface area is 136 Å². The van der Waals surface area contributed by atoms with Crippen molar-refractivity contribution in [2.75, 3.05) is 33.7 Å². The highest BCUT2D eigenvalue weighted by atomic mass is 35.5. The Morgan fingerprint density at radius 3 is 2.95 bits per heavy atom. The molecule has 1 amide bonds. The maximum atomic E-state index is 13.6. The van der Waals surface area contributed by atoms with Gasteiger partial charge in [0.25, 0.3) is 0 Å². The van der Waals surface area contributed by atoms with Gasteiger partial charge in [0.1, 0.15) is 5.82 Å². The number of likely N-dealkylation sites (tertiary alicyclic amines) is 1. The summed E-state index contributed by atoms with van der Waals surface area (Å²) < 4.78 is 13.6. The van der Waals surface area contributed by atoms with E-state index in [2.05, 4.69) is 22.2 Å². The molecule has 1 heterocycles. The molecule has 0 aromatic heterocycles. The molecule has 1 saturated heterocycles. The largest absolute Gasteiger partial charge is 0.352 e. The predicted molar refractivity (Wildman–Crippen MR) is 86.4 cm³/mol. The van der Waals surface area contributed by atoms with Crippen LogP contribution in [0.1, 0.15) is 18.4 Å². The minimum atomic E-state index is -0.390. The molecular formula is C16H23ClFN3O. The number of hydrogen-bond donors (Lipinski definition) is 1. The van der Waals surface area contributed by atoms with Crippen molar-refractivity contribution < 1.29 is 9.18 Å².